The maximum absolute atomic E-state index is 13.2. The van der Waals surface area contributed by atoms with Gasteiger partial charge in [-0.3, -0.25) is 9.59 Å². The molecule has 0 amide bonds. The summed E-state index contributed by atoms with van der Waals surface area (Å²) in [4.78, 5) is 26.3. The molecule has 0 atom stereocenters. The Morgan fingerprint density at radius 3 is 0.940 bits per heavy atom. The first kappa shape index (κ1) is 66.7. The van der Waals surface area contributed by atoms with E-state index in [1.807, 2.05) is 0 Å². The molecule has 0 saturated heterocycles. The largest absolute Gasteiger partial charge is 1.00 e. The Morgan fingerprint density at radius 2 is 0.642 bits per heavy atom. The molecule has 0 bridgehead atoms. The Hall–Kier alpha value is -2.37. The summed E-state index contributed by atoms with van der Waals surface area (Å²) in [6.07, 6.45) is 69.7. The minimum absolute atomic E-state index is 0. The normalized spacial score (nSPS) is 12.6. The number of carbonyl (C=O) groups excluding carboxylic acids is 2. The molecule has 0 aromatic rings. The van der Waals surface area contributed by atoms with Crippen LogP contribution in [0.5, 0.6) is 0 Å². The van der Waals surface area contributed by atoms with E-state index < -0.39 is 5.41 Å². The van der Waals surface area contributed by atoms with Crippen LogP contribution >= 0.6 is 0 Å². The fourth-order valence-corrected chi connectivity index (χ4v) is 8.62. The van der Waals surface area contributed by atoms with Crippen molar-refractivity contribution in [2.24, 2.45) is 5.41 Å². The zero-order chi connectivity index (χ0) is 48.3. The highest BCUT2D eigenvalue weighted by Gasteiger charge is 2.39. The maximum atomic E-state index is 13.2. The van der Waals surface area contributed by atoms with E-state index in [2.05, 4.69) is 115 Å². The molecule has 0 N–H and O–H groups in total. The molecule has 0 unspecified atom stereocenters. The van der Waals surface area contributed by atoms with Crippen LogP contribution in [0.25, 0.3) is 0 Å². The molecule has 0 heterocycles. The van der Waals surface area contributed by atoms with Crippen molar-refractivity contribution in [1.82, 2.24) is 0 Å². The number of nitrogens with zero attached hydrogens (tertiary/aromatic N) is 1. The van der Waals surface area contributed by atoms with Crippen molar-refractivity contribution in [2.45, 2.75) is 258 Å². The third-order valence-corrected chi connectivity index (χ3v) is 12.5. The van der Waals surface area contributed by atoms with Gasteiger partial charge in [0.15, 0.2) is 0 Å². The van der Waals surface area contributed by atoms with E-state index in [1.165, 1.54) is 128 Å². The molecular formula is C61H110ClNO4. The van der Waals surface area contributed by atoms with Gasteiger partial charge in [0.25, 0.3) is 0 Å². The lowest BCUT2D eigenvalue weighted by Gasteiger charge is -2.38. The van der Waals surface area contributed by atoms with Crippen molar-refractivity contribution in [2.75, 3.05) is 40.9 Å². The zero-order valence-electron chi connectivity index (χ0n) is 45.2. The van der Waals surface area contributed by atoms with Crippen molar-refractivity contribution in [3.63, 3.8) is 0 Å². The lowest BCUT2D eigenvalue weighted by molar-refractivity contribution is -0.877. The second-order valence-electron chi connectivity index (χ2n) is 20.6. The number of hydrogen-bond acceptors (Lipinski definition) is 4. The molecule has 0 rings (SSSR count). The highest BCUT2D eigenvalue weighted by atomic mass is 35.5. The topological polar surface area (TPSA) is 52.6 Å². The number of rotatable bonds is 49. The number of unbranched alkanes of at least 4 members (excludes halogenated alkanes) is 25. The van der Waals surface area contributed by atoms with Gasteiger partial charge in [0.2, 0.25) is 0 Å². The van der Waals surface area contributed by atoms with E-state index in [0.717, 1.165) is 107 Å². The number of hydrogen-bond donors (Lipinski definition) is 0. The summed E-state index contributed by atoms with van der Waals surface area (Å²) in [6.45, 7) is 8.19. The van der Waals surface area contributed by atoms with Gasteiger partial charge in [0, 0.05) is 12.8 Å². The molecule has 0 aliphatic heterocycles. The van der Waals surface area contributed by atoms with E-state index in [-0.39, 0.29) is 24.3 Å². The summed E-state index contributed by atoms with van der Waals surface area (Å²) in [5.74, 6) is -0.222. The highest BCUT2D eigenvalue weighted by Crippen LogP contribution is 2.30. The number of esters is 2. The fraction of sp³-hybridized carbons (Fsp3) is 0.770. The minimum Gasteiger partial charge on any atom is -1.00 e. The highest BCUT2D eigenvalue weighted by molar-refractivity contribution is 5.69. The maximum Gasteiger partial charge on any atom is 0.305 e. The van der Waals surface area contributed by atoms with Gasteiger partial charge in [-0.1, -0.05) is 203 Å². The van der Waals surface area contributed by atoms with Crippen LogP contribution in [-0.4, -0.2) is 57.3 Å². The molecule has 390 valence electrons. The van der Waals surface area contributed by atoms with Crippen LogP contribution in [0.15, 0.2) is 72.9 Å². The Balaban J connectivity index is 0. The van der Waals surface area contributed by atoms with Crippen molar-refractivity contribution < 1.29 is 36.0 Å². The van der Waals surface area contributed by atoms with E-state index in [0.29, 0.717) is 26.1 Å². The van der Waals surface area contributed by atoms with Gasteiger partial charge >= 0.3 is 11.9 Å². The second-order valence-corrected chi connectivity index (χ2v) is 20.6. The summed E-state index contributed by atoms with van der Waals surface area (Å²) in [7, 11) is 6.59. The smallest absolute Gasteiger partial charge is 0.305 e. The Kier molecular flexibility index (Phi) is 51.3. The quantitative estimate of drug-likeness (QED) is 0.0264. The molecule has 0 radical (unpaired) electrons. The molecule has 0 fully saturated rings. The first-order valence-electron chi connectivity index (χ1n) is 28.2. The predicted molar refractivity (Wildman–Crippen MR) is 290 cm³/mol. The van der Waals surface area contributed by atoms with Crippen LogP contribution < -0.4 is 12.4 Å². The van der Waals surface area contributed by atoms with Crippen LogP contribution in [0.1, 0.15) is 258 Å². The third kappa shape index (κ3) is 51.3. The molecule has 0 aromatic heterocycles. The predicted octanol–water partition coefficient (Wildman–Crippen LogP) is 15.6. The van der Waals surface area contributed by atoms with Crippen molar-refractivity contribution in [3.8, 4) is 0 Å². The second kappa shape index (κ2) is 51.5. The number of quaternary nitrogens is 1. The summed E-state index contributed by atoms with van der Waals surface area (Å²) < 4.78 is 12.9. The van der Waals surface area contributed by atoms with Crippen LogP contribution in [0.3, 0.4) is 0 Å². The van der Waals surface area contributed by atoms with Crippen LogP contribution in [0, 0.1) is 5.41 Å². The standard InChI is InChI=1S/C61H110NO4.ClH/c1-7-10-13-16-19-22-25-28-31-34-37-40-43-46-49-52-55-61(56-62(4,5)6,57-65-59(63)53-50-47-44-41-38-35-32-29-26-23-20-17-14-11-8-2)58-66-60(64)54-51-48-45-42-39-36-33-30-27-24-21-18-15-12-9-3;/h19-24,28-33H,7-18,25-27,34-58H2,1-6H3;1H/q+1;/p-1/b22-19-,23-20-,24-21-,31-28-,32-29-,33-30-;. The Labute approximate surface area is 423 Å². The first-order valence-corrected chi connectivity index (χ1v) is 28.2. The van der Waals surface area contributed by atoms with Gasteiger partial charge in [0.05, 0.1) is 33.1 Å². The number of halogens is 1. The van der Waals surface area contributed by atoms with E-state index >= 15 is 0 Å². The van der Waals surface area contributed by atoms with E-state index in [9.17, 15) is 9.59 Å². The molecule has 0 aliphatic carbocycles. The Morgan fingerprint density at radius 1 is 0.373 bits per heavy atom. The minimum atomic E-state index is -0.393. The Bertz CT molecular complexity index is 1200. The van der Waals surface area contributed by atoms with Gasteiger partial charge in [-0.05, 0) is 116 Å². The lowest BCUT2D eigenvalue weighted by Crippen LogP contribution is -3.00. The summed E-state index contributed by atoms with van der Waals surface area (Å²) >= 11 is 0. The van der Waals surface area contributed by atoms with Crippen LogP contribution in [-0.2, 0) is 19.1 Å². The molecular weight excluding hydrogens is 846 g/mol. The van der Waals surface area contributed by atoms with Gasteiger partial charge in [0.1, 0.15) is 13.2 Å². The van der Waals surface area contributed by atoms with Crippen molar-refractivity contribution in [1.29, 1.82) is 0 Å². The fourth-order valence-electron chi connectivity index (χ4n) is 8.62. The molecule has 0 spiro atoms. The SMILES string of the molecule is CCCCC/C=C\C/C=C\CCCCCCCCC(COC(=O)CCCCCCC/C=C\C/C=C\CCCCC)(COC(=O)CCCCCCC/C=C\C/C=C\CCCCC)C[N+](C)(C)C.[Cl-]. The summed E-state index contributed by atoms with van der Waals surface area (Å²) in [5.41, 5.74) is -0.393. The monoisotopic (exact) mass is 956 g/mol. The number of ether oxygens (including phenoxy) is 2. The van der Waals surface area contributed by atoms with Crippen LogP contribution in [0.2, 0.25) is 0 Å². The molecule has 5 nitrogen and oxygen atoms in total. The van der Waals surface area contributed by atoms with Gasteiger partial charge in [-0.25, -0.2) is 0 Å². The summed E-state index contributed by atoms with van der Waals surface area (Å²) in [6, 6.07) is 0. The molecule has 67 heavy (non-hydrogen) atoms. The molecule has 0 aliphatic rings. The first-order chi connectivity index (χ1) is 32.2. The molecule has 6 heteroatoms. The van der Waals surface area contributed by atoms with E-state index in [4.69, 9.17) is 9.47 Å². The average Bonchev–Trinajstić information content (AvgIpc) is 3.29. The van der Waals surface area contributed by atoms with Gasteiger partial charge < -0.3 is 26.4 Å². The number of allylic oxidation sites excluding steroid dienone is 12. The van der Waals surface area contributed by atoms with Crippen LogP contribution in [0.4, 0.5) is 0 Å². The molecule has 0 saturated carbocycles. The van der Waals surface area contributed by atoms with Gasteiger partial charge in [-0.15, -0.1) is 0 Å². The average molecular weight is 957 g/mol. The van der Waals surface area contributed by atoms with E-state index in [1.54, 1.807) is 0 Å². The third-order valence-electron chi connectivity index (χ3n) is 12.5. The van der Waals surface area contributed by atoms with Crippen molar-refractivity contribution >= 4 is 11.9 Å². The number of carbonyl (C=O) groups is 2. The van der Waals surface area contributed by atoms with Crippen molar-refractivity contribution in [3.05, 3.63) is 72.9 Å². The molecule has 0 aromatic carbocycles. The summed E-state index contributed by atoms with van der Waals surface area (Å²) in [5, 5.41) is 0. The zero-order valence-corrected chi connectivity index (χ0v) is 45.9. The lowest BCUT2D eigenvalue weighted by atomic mass is 9.82. The van der Waals surface area contributed by atoms with Gasteiger partial charge in [-0.2, -0.15) is 0 Å².